The molecule has 3 atom stereocenters. The number of nitrogens with zero attached hydrogens (tertiary/aromatic N) is 1. The molecule has 1 fully saturated rings. The zero-order valence-electron chi connectivity index (χ0n) is 10.7. The van der Waals surface area contributed by atoms with Crippen molar-refractivity contribution in [1.29, 1.82) is 0 Å². The number of nitrogens with two attached hydrogens (primary N) is 1. The molecule has 1 amide bonds. The summed E-state index contributed by atoms with van der Waals surface area (Å²) in [7, 11) is 0. The van der Waals surface area contributed by atoms with E-state index >= 15 is 0 Å². The maximum atomic E-state index is 11.7. The smallest absolute Gasteiger partial charge is 0.235 e. The molecule has 4 heteroatoms. The average Bonchev–Trinajstić information content (AvgIpc) is 2.23. The average molecular weight is 227 g/mol. The Morgan fingerprint density at radius 2 is 2.00 bits per heavy atom. The highest BCUT2D eigenvalue weighted by molar-refractivity contribution is 5.76. The van der Waals surface area contributed by atoms with Crippen molar-refractivity contribution in [2.24, 2.45) is 5.73 Å². The molecule has 1 aliphatic heterocycles. The van der Waals surface area contributed by atoms with E-state index in [4.69, 9.17) is 5.73 Å². The van der Waals surface area contributed by atoms with Gasteiger partial charge in [-0.05, 0) is 33.1 Å². The second kappa shape index (κ2) is 6.21. The van der Waals surface area contributed by atoms with Gasteiger partial charge in [0.2, 0.25) is 5.91 Å². The molecule has 1 saturated heterocycles. The fourth-order valence-electron chi connectivity index (χ4n) is 2.21. The molecule has 4 nitrogen and oxygen atoms in total. The van der Waals surface area contributed by atoms with Gasteiger partial charge in [-0.2, -0.15) is 0 Å². The van der Waals surface area contributed by atoms with Gasteiger partial charge in [-0.15, -0.1) is 0 Å². The monoisotopic (exact) mass is 227 g/mol. The molecule has 0 aromatic rings. The summed E-state index contributed by atoms with van der Waals surface area (Å²) in [4.78, 5) is 11.7. The maximum Gasteiger partial charge on any atom is 0.235 e. The summed E-state index contributed by atoms with van der Waals surface area (Å²) in [6.45, 7) is 6.33. The lowest BCUT2D eigenvalue weighted by Crippen LogP contribution is -2.54. The van der Waals surface area contributed by atoms with Crippen LogP contribution >= 0.6 is 0 Å². The van der Waals surface area contributed by atoms with Crippen molar-refractivity contribution in [2.75, 3.05) is 0 Å². The number of nitrogens with one attached hydrogen (secondary N) is 1. The SMILES string of the molecule is CCC(N)CC(=O)NN1C(C)CCCC1C. The van der Waals surface area contributed by atoms with Gasteiger partial charge in [0.05, 0.1) is 0 Å². The van der Waals surface area contributed by atoms with E-state index in [-0.39, 0.29) is 11.9 Å². The second-order valence-corrected chi connectivity index (χ2v) is 4.94. The van der Waals surface area contributed by atoms with Gasteiger partial charge in [-0.3, -0.25) is 10.2 Å². The van der Waals surface area contributed by atoms with Crippen LogP contribution in [0.2, 0.25) is 0 Å². The van der Waals surface area contributed by atoms with E-state index in [9.17, 15) is 4.79 Å². The number of amides is 1. The summed E-state index contributed by atoms with van der Waals surface area (Å²) in [5.41, 5.74) is 8.77. The first kappa shape index (κ1) is 13.5. The third kappa shape index (κ3) is 3.76. The van der Waals surface area contributed by atoms with Crippen molar-refractivity contribution in [1.82, 2.24) is 10.4 Å². The molecule has 1 rings (SSSR count). The van der Waals surface area contributed by atoms with Crippen LogP contribution in [0.5, 0.6) is 0 Å². The van der Waals surface area contributed by atoms with Crippen molar-refractivity contribution in [3.63, 3.8) is 0 Å². The van der Waals surface area contributed by atoms with E-state index in [0.29, 0.717) is 18.5 Å². The minimum Gasteiger partial charge on any atom is -0.327 e. The van der Waals surface area contributed by atoms with E-state index in [0.717, 1.165) is 19.3 Å². The highest BCUT2D eigenvalue weighted by atomic mass is 16.2. The number of carbonyl (C=O) groups is 1. The first-order valence-electron chi connectivity index (χ1n) is 6.38. The normalized spacial score (nSPS) is 28.8. The van der Waals surface area contributed by atoms with Gasteiger partial charge in [-0.25, -0.2) is 5.01 Å². The van der Waals surface area contributed by atoms with Crippen molar-refractivity contribution in [3.8, 4) is 0 Å². The predicted octanol–water partition coefficient (Wildman–Crippen LogP) is 1.41. The van der Waals surface area contributed by atoms with Crippen LogP contribution in [-0.2, 0) is 4.79 Å². The summed E-state index contributed by atoms with van der Waals surface area (Å²) < 4.78 is 0. The largest absolute Gasteiger partial charge is 0.327 e. The zero-order valence-corrected chi connectivity index (χ0v) is 10.7. The Balaban J connectivity index is 2.42. The van der Waals surface area contributed by atoms with Crippen LogP contribution in [0.1, 0.15) is 52.9 Å². The Morgan fingerprint density at radius 3 is 2.50 bits per heavy atom. The topological polar surface area (TPSA) is 58.4 Å². The summed E-state index contributed by atoms with van der Waals surface area (Å²) in [5.74, 6) is 0.0509. The highest BCUT2D eigenvalue weighted by Crippen LogP contribution is 2.20. The minimum atomic E-state index is -0.0181. The molecule has 94 valence electrons. The van der Waals surface area contributed by atoms with Crippen molar-refractivity contribution in [3.05, 3.63) is 0 Å². The highest BCUT2D eigenvalue weighted by Gasteiger charge is 2.26. The van der Waals surface area contributed by atoms with Gasteiger partial charge in [0, 0.05) is 24.5 Å². The lowest BCUT2D eigenvalue weighted by Gasteiger charge is -2.38. The number of hydrogen-bond donors (Lipinski definition) is 2. The third-order valence-electron chi connectivity index (χ3n) is 3.42. The van der Waals surface area contributed by atoms with Crippen LogP contribution in [0.15, 0.2) is 0 Å². The van der Waals surface area contributed by atoms with Crippen molar-refractivity contribution < 1.29 is 4.79 Å². The maximum absolute atomic E-state index is 11.7. The van der Waals surface area contributed by atoms with E-state index in [1.54, 1.807) is 0 Å². The number of rotatable bonds is 4. The Morgan fingerprint density at radius 1 is 1.44 bits per heavy atom. The molecule has 1 aliphatic rings. The van der Waals surface area contributed by atoms with Gasteiger partial charge in [0.15, 0.2) is 0 Å². The van der Waals surface area contributed by atoms with Crippen LogP contribution in [0.25, 0.3) is 0 Å². The number of hydrogen-bond acceptors (Lipinski definition) is 3. The molecule has 0 bridgehead atoms. The summed E-state index contributed by atoms with van der Waals surface area (Å²) in [5, 5.41) is 2.09. The van der Waals surface area contributed by atoms with E-state index in [2.05, 4.69) is 24.3 Å². The Kier molecular flexibility index (Phi) is 5.22. The Labute approximate surface area is 98.5 Å². The number of hydrazine groups is 1. The van der Waals surface area contributed by atoms with Gasteiger partial charge < -0.3 is 5.73 Å². The van der Waals surface area contributed by atoms with Gasteiger partial charge in [0.1, 0.15) is 0 Å². The molecule has 0 saturated carbocycles. The van der Waals surface area contributed by atoms with Crippen molar-refractivity contribution in [2.45, 2.75) is 71.0 Å². The van der Waals surface area contributed by atoms with E-state index in [1.165, 1.54) is 6.42 Å². The zero-order chi connectivity index (χ0) is 12.1. The third-order valence-corrected chi connectivity index (χ3v) is 3.42. The van der Waals surface area contributed by atoms with Crippen LogP contribution in [0.4, 0.5) is 0 Å². The predicted molar refractivity (Wildman–Crippen MR) is 65.6 cm³/mol. The van der Waals surface area contributed by atoms with Gasteiger partial charge in [-0.1, -0.05) is 13.3 Å². The van der Waals surface area contributed by atoms with E-state index in [1.807, 2.05) is 6.92 Å². The second-order valence-electron chi connectivity index (χ2n) is 4.94. The quantitative estimate of drug-likeness (QED) is 0.763. The fraction of sp³-hybridized carbons (Fsp3) is 0.917. The molecule has 0 radical (unpaired) electrons. The molecular formula is C12H25N3O. The molecule has 1 heterocycles. The number of carbonyl (C=O) groups excluding carboxylic acids is 1. The van der Waals surface area contributed by atoms with Crippen LogP contribution in [-0.4, -0.2) is 29.0 Å². The summed E-state index contributed by atoms with van der Waals surface area (Å²) in [6, 6.07) is 0.853. The molecule has 0 aliphatic carbocycles. The molecule has 0 spiro atoms. The lowest BCUT2D eigenvalue weighted by molar-refractivity contribution is -0.129. The van der Waals surface area contributed by atoms with Gasteiger partial charge in [0.25, 0.3) is 0 Å². The first-order chi connectivity index (χ1) is 7.54. The molecular weight excluding hydrogens is 202 g/mol. The fourth-order valence-corrected chi connectivity index (χ4v) is 2.21. The van der Waals surface area contributed by atoms with E-state index < -0.39 is 0 Å². The standard InChI is InChI=1S/C12H25N3O/c1-4-11(13)8-12(16)14-15-9(2)6-5-7-10(15)3/h9-11H,4-8,13H2,1-3H3,(H,14,16). The first-order valence-corrected chi connectivity index (χ1v) is 6.38. The Bertz CT molecular complexity index is 222. The molecule has 3 unspecified atom stereocenters. The van der Waals surface area contributed by atoms with Crippen LogP contribution in [0.3, 0.4) is 0 Å². The Hall–Kier alpha value is -0.610. The van der Waals surface area contributed by atoms with Crippen molar-refractivity contribution >= 4 is 5.91 Å². The number of piperidine rings is 1. The minimum absolute atomic E-state index is 0.0181. The van der Waals surface area contributed by atoms with Crippen LogP contribution in [0, 0.1) is 0 Å². The molecule has 0 aromatic heterocycles. The van der Waals surface area contributed by atoms with Crippen LogP contribution < -0.4 is 11.2 Å². The van der Waals surface area contributed by atoms with Gasteiger partial charge >= 0.3 is 0 Å². The summed E-state index contributed by atoms with van der Waals surface area (Å²) in [6.07, 6.45) is 4.84. The molecule has 3 N–H and O–H groups in total. The summed E-state index contributed by atoms with van der Waals surface area (Å²) >= 11 is 0. The lowest BCUT2D eigenvalue weighted by atomic mass is 10.00. The molecule has 0 aromatic carbocycles. The molecule has 16 heavy (non-hydrogen) atoms.